The number of rotatable bonds is 4. The molecule has 0 aliphatic rings. The third kappa shape index (κ3) is 5.43. The zero-order valence-corrected chi connectivity index (χ0v) is 16.8. The number of nitrogens with one attached hydrogen (secondary N) is 1. The Morgan fingerprint density at radius 2 is 1.76 bits per heavy atom. The van der Waals surface area contributed by atoms with Crippen molar-refractivity contribution in [1.82, 2.24) is 4.98 Å². The lowest BCUT2D eigenvalue weighted by Crippen LogP contribution is -2.24. The van der Waals surface area contributed by atoms with Crippen molar-refractivity contribution in [2.75, 3.05) is 22.9 Å². The molecule has 0 atom stereocenters. The van der Waals surface area contributed by atoms with Crippen LogP contribution in [0.15, 0.2) is 72.9 Å². The predicted octanol–water partition coefficient (Wildman–Crippen LogP) is 3.13. The van der Waals surface area contributed by atoms with Crippen LogP contribution in [0.1, 0.15) is 21.6 Å². The first-order valence-corrected chi connectivity index (χ1v) is 10.6. The lowest BCUT2D eigenvalue weighted by Gasteiger charge is -2.16. The molecule has 0 fully saturated rings. The lowest BCUT2D eigenvalue weighted by atomic mass is 10.1. The summed E-state index contributed by atoms with van der Waals surface area (Å²) in [4.78, 5) is 16.7. The topological polar surface area (TPSA) is 79.4 Å². The van der Waals surface area contributed by atoms with E-state index in [0.717, 1.165) is 6.26 Å². The molecule has 0 saturated heterocycles. The van der Waals surface area contributed by atoms with Gasteiger partial charge in [0.25, 0.3) is 5.91 Å². The van der Waals surface area contributed by atoms with Gasteiger partial charge in [-0.2, -0.15) is 0 Å². The molecule has 0 spiro atoms. The molecule has 0 aliphatic carbocycles. The van der Waals surface area contributed by atoms with E-state index in [0.29, 0.717) is 28.2 Å². The van der Waals surface area contributed by atoms with E-state index in [4.69, 9.17) is 0 Å². The van der Waals surface area contributed by atoms with Gasteiger partial charge in [-0.05, 0) is 60.5 Å². The molecule has 2 aromatic carbocycles. The molecule has 6 nitrogen and oxygen atoms in total. The largest absolute Gasteiger partial charge is 0.322 e. The van der Waals surface area contributed by atoms with Crippen molar-refractivity contribution in [2.24, 2.45) is 0 Å². The van der Waals surface area contributed by atoms with E-state index in [1.165, 1.54) is 11.4 Å². The number of hydrogen-bond donors (Lipinski definition) is 1. The zero-order chi connectivity index (χ0) is 20.9. The maximum atomic E-state index is 12.5. The summed E-state index contributed by atoms with van der Waals surface area (Å²) in [5.41, 5.74) is 2.90. The van der Waals surface area contributed by atoms with E-state index in [1.807, 2.05) is 24.3 Å². The minimum Gasteiger partial charge on any atom is -0.322 e. The number of carbonyl (C=O) groups is 1. The number of carbonyl (C=O) groups excluding carboxylic acids is 1. The number of amides is 1. The molecule has 0 aliphatic heterocycles. The second kappa shape index (κ2) is 8.59. The highest BCUT2D eigenvalue weighted by atomic mass is 32.2. The predicted molar refractivity (Wildman–Crippen MR) is 114 cm³/mol. The lowest BCUT2D eigenvalue weighted by molar-refractivity contribution is 0.102. The third-order valence-corrected chi connectivity index (χ3v) is 5.32. The standard InChI is InChI=1S/C22H19N3O3S/c1-25(29(2,27)28)21-13-11-20(12-14-21)24-22(26)18-7-5-6-17(16-18)9-10-19-8-3-4-15-23-19/h3-8,11-16H,1-2H3,(H,24,26). The minimum atomic E-state index is -3.34. The van der Waals surface area contributed by atoms with Crippen molar-refractivity contribution in [2.45, 2.75) is 0 Å². The van der Waals surface area contributed by atoms with E-state index in [1.54, 1.807) is 48.7 Å². The summed E-state index contributed by atoms with van der Waals surface area (Å²) in [6, 6.07) is 19.1. The molecule has 3 aromatic rings. The van der Waals surface area contributed by atoms with Gasteiger partial charge in [0, 0.05) is 30.1 Å². The Bertz CT molecular complexity index is 1180. The van der Waals surface area contributed by atoms with Gasteiger partial charge in [-0.1, -0.05) is 18.1 Å². The number of hydrogen-bond acceptors (Lipinski definition) is 4. The Morgan fingerprint density at radius 3 is 2.41 bits per heavy atom. The van der Waals surface area contributed by atoms with Gasteiger partial charge >= 0.3 is 0 Å². The summed E-state index contributed by atoms with van der Waals surface area (Å²) in [6.45, 7) is 0. The quantitative estimate of drug-likeness (QED) is 0.677. The first-order valence-electron chi connectivity index (χ1n) is 8.71. The molecule has 7 heteroatoms. The van der Waals surface area contributed by atoms with Crippen LogP contribution in [0.3, 0.4) is 0 Å². The molecule has 1 aromatic heterocycles. The van der Waals surface area contributed by atoms with Gasteiger partial charge in [0.2, 0.25) is 10.0 Å². The Hall–Kier alpha value is -3.63. The van der Waals surface area contributed by atoms with Crippen LogP contribution in [0, 0.1) is 11.8 Å². The van der Waals surface area contributed by atoms with Crippen molar-refractivity contribution in [3.63, 3.8) is 0 Å². The van der Waals surface area contributed by atoms with Crippen LogP contribution < -0.4 is 9.62 Å². The average molecular weight is 405 g/mol. The summed E-state index contributed by atoms with van der Waals surface area (Å²) in [7, 11) is -1.86. The molecule has 1 N–H and O–H groups in total. The number of aromatic nitrogens is 1. The monoisotopic (exact) mass is 405 g/mol. The summed E-state index contributed by atoms with van der Waals surface area (Å²) in [5, 5.41) is 2.80. The maximum absolute atomic E-state index is 12.5. The first-order chi connectivity index (χ1) is 13.8. The molecule has 1 heterocycles. The van der Waals surface area contributed by atoms with Crippen LogP contribution in [0.5, 0.6) is 0 Å². The number of sulfonamides is 1. The second-order valence-corrected chi connectivity index (χ2v) is 8.29. The van der Waals surface area contributed by atoms with Crippen molar-refractivity contribution < 1.29 is 13.2 Å². The van der Waals surface area contributed by atoms with Crippen LogP contribution >= 0.6 is 0 Å². The van der Waals surface area contributed by atoms with Crippen molar-refractivity contribution in [3.05, 3.63) is 89.7 Å². The van der Waals surface area contributed by atoms with E-state index in [9.17, 15) is 13.2 Å². The van der Waals surface area contributed by atoms with Crippen LogP contribution in [0.2, 0.25) is 0 Å². The Kier molecular flexibility index (Phi) is 5.96. The molecule has 3 rings (SSSR count). The molecule has 0 radical (unpaired) electrons. The average Bonchev–Trinajstić information content (AvgIpc) is 2.72. The van der Waals surface area contributed by atoms with Crippen molar-refractivity contribution in [3.8, 4) is 11.8 Å². The van der Waals surface area contributed by atoms with Gasteiger partial charge in [0.05, 0.1) is 11.9 Å². The molecular formula is C22H19N3O3S. The highest BCUT2D eigenvalue weighted by Crippen LogP contribution is 2.19. The van der Waals surface area contributed by atoms with Crippen LogP contribution in [-0.4, -0.2) is 32.6 Å². The van der Waals surface area contributed by atoms with Gasteiger partial charge in [-0.25, -0.2) is 13.4 Å². The van der Waals surface area contributed by atoms with E-state index in [2.05, 4.69) is 22.1 Å². The Balaban J connectivity index is 1.72. The molecule has 0 saturated carbocycles. The maximum Gasteiger partial charge on any atom is 0.255 e. The van der Waals surface area contributed by atoms with Gasteiger partial charge < -0.3 is 5.32 Å². The molecule has 146 valence electrons. The summed E-state index contributed by atoms with van der Waals surface area (Å²) >= 11 is 0. The SMILES string of the molecule is CN(c1ccc(NC(=O)c2cccc(C#Cc3ccccn3)c2)cc1)S(C)(=O)=O. The minimum absolute atomic E-state index is 0.282. The fraction of sp³-hybridized carbons (Fsp3) is 0.0909. The van der Waals surface area contributed by atoms with Gasteiger partial charge in [0.1, 0.15) is 5.69 Å². The second-order valence-electron chi connectivity index (χ2n) is 6.28. The van der Waals surface area contributed by atoms with Crippen LogP contribution in [-0.2, 0) is 10.0 Å². The number of nitrogens with zero attached hydrogens (tertiary/aromatic N) is 2. The van der Waals surface area contributed by atoms with Gasteiger partial charge in [0.15, 0.2) is 0 Å². The van der Waals surface area contributed by atoms with Crippen LogP contribution in [0.4, 0.5) is 11.4 Å². The number of pyridine rings is 1. The van der Waals surface area contributed by atoms with Gasteiger partial charge in [-0.15, -0.1) is 0 Å². The fourth-order valence-electron chi connectivity index (χ4n) is 2.46. The van der Waals surface area contributed by atoms with E-state index >= 15 is 0 Å². The Labute approximate surface area is 170 Å². The molecular weight excluding hydrogens is 386 g/mol. The molecule has 0 unspecified atom stereocenters. The van der Waals surface area contributed by atoms with Crippen LogP contribution in [0.25, 0.3) is 0 Å². The summed E-state index contributed by atoms with van der Waals surface area (Å²) in [6.07, 6.45) is 2.80. The normalized spacial score (nSPS) is 10.6. The number of anilines is 2. The zero-order valence-electron chi connectivity index (χ0n) is 16.0. The summed E-state index contributed by atoms with van der Waals surface area (Å²) < 4.78 is 24.4. The summed E-state index contributed by atoms with van der Waals surface area (Å²) in [5.74, 6) is 5.68. The molecule has 29 heavy (non-hydrogen) atoms. The number of benzene rings is 2. The fourth-order valence-corrected chi connectivity index (χ4v) is 2.97. The Morgan fingerprint density at radius 1 is 1.00 bits per heavy atom. The third-order valence-electron chi connectivity index (χ3n) is 4.11. The van der Waals surface area contributed by atoms with E-state index < -0.39 is 10.0 Å². The van der Waals surface area contributed by atoms with Crippen molar-refractivity contribution in [1.29, 1.82) is 0 Å². The molecule has 0 bridgehead atoms. The van der Waals surface area contributed by atoms with Crippen molar-refractivity contribution >= 4 is 27.3 Å². The van der Waals surface area contributed by atoms with Gasteiger partial charge in [-0.3, -0.25) is 9.10 Å². The first kappa shape index (κ1) is 20.1. The molecule has 1 amide bonds. The smallest absolute Gasteiger partial charge is 0.255 e. The highest BCUT2D eigenvalue weighted by molar-refractivity contribution is 7.92. The van der Waals surface area contributed by atoms with E-state index in [-0.39, 0.29) is 5.91 Å². The highest BCUT2D eigenvalue weighted by Gasteiger charge is 2.12.